The lowest BCUT2D eigenvalue weighted by atomic mass is 10.2. The molecule has 0 heterocycles. The third-order valence-electron chi connectivity index (χ3n) is 3.09. The van der Waals surface area contributed by atoms with Gasteiger partial charge in [0.1, 0.15) is 11.4 Å². The van der Waals surface area contributed by atoms with Gasteiger partial charge in [-0.1, -0.05) is 11.6 Å². The summed E-state index contributed by atoms with van der Waals surface area (Å²) in [5.41, 5.74) is -0.383. The van der Waals surface area contributed by atoms with Crippen molar-refractivity contribution >= 4 is 35.3 Å². The van der Waals surface area contributed by atoms with E-state index in [-0.39, 0.29) is 23.7 Å². The maximum atomic E-state index is 13.0. The quantitative estimate of drug-likeness (QED) is 0.536. The molecule has 0 bridgehead atoms. The Morgan fingerprint density at radius 2 is 1.93 bits per heavy atom. The van der Waals surface area contributed by atoms with E-state index in [4.69, 9.17) is 21.1 Å². The number of carbonyl (C=O) groups is 3. The van der Waals surface area contributed by atoms with Crippen LogP contribution in [0.3, 0.4) is 0 Å². The van der Waals surface area contributed by atoms with Crippen molar-refractivity contribution in [2.24, 2.45) is 0 Å². The van der Waals surface area contributed by atoms with Crippen molar-refractivity contribution in [1.29, 1.82) is 0 Å². The van der Waals surface area contributed by atoms with Gasteiger partial charge in [0.15, 0.2) is 6.10 Å². The highest BCUT2D eigenvalue weighted by Crippen LogP contribution is 2.22. The van der Waals surface area contributed by atoms with Crippen molar-refractivity contribution in [3.63, 3.8) is 0 Å². The number of hydrogen-bond donors (Lipinski definition) is 2. The van der Waals surface area contributed by atoms with E-state index in [2.05, 4.69) is 10.6 Å². The molecule has 1 aromatic carbocycles. The predicted octanol–water partition coefficient (Wildman–Crippen LogP) is 3.65. The Bertz CT molecular complexity index is 691. The summed E-state index contributed by atoms with van der Waals surface area (Å²) in [6.45, 7) is 6.87. The fourth-order valence-corrected chi connectivity index (χ4v) is 2.09. The molecule has 0 spiro atoms. The highest BCUT2D eigenvalue weighted by Gasteiger charge is 2.19. The average molecular weight is 403 g/mol. The first-order chi connectivity index (χ1) is 12.5. The first-order valence-electron chi connectivity index (χ1n) is 8.40. The van der Waals surface area contributed by atoms with Gasteiger partial charge >= 0.3 is 12.1 Å². The molecule has 0 radical (unpaired) electrons. The number of amides is 2. The highest BCUT2D eigenvalue weighted by molar-refractivity contribution is 6.33. The second-order valence-corrected chi connectivity index (χ2v) is 7.18. The number of alkyl carbamates (subject to hydrolysis) is 1. The summed E-state index contributed by atoms with van der Waals surface area (Å²) in [6.07, 6.45) is -1.28. The zero-order valence-electron chi connectivity index (χ0n) is 15.7. The minimum absolute atomic E-state index is 0.0186. The molecule has 2 amide bonds. The third kappa shape index (κ3) is 9.23. The second-order valence-electron chi connectivity index (χ2n) is 6.78. The molecule has 1 rings (SSSR count). The summed E-state index contributed by atoms with van der Waals surface area (Å²) in [5, 5.41) is 5.02. The van der Waals surface area contributed by atoms with E-state index in [0.29, 0.717) is 6.42 Å². The van der Waals surface area contributed by atoms with Gasteiger partial charge in [0, 0.05) is 13.0 Å². The van der Waals surface area contributed by atoms with Crippen LogP contribution in [-0.4, -0.2) is 36.2 Å². The van der Waals surface area contributed by atoms with Gasteiger partial charge in [-0.15, -0.1) is 0 Å². The van der Waals surface area contributed by atoms with Gasteiger partial charge < -0.3 is 20.1 Å². The van der Waals surface area contributed by atoms with Crippen molar-refractivity contribution in [3.8, 4) is 0 Å². The van der Waals surface area contributed by atoms with Crippen LogP contribution < -0.4 is 10.6 Å². The van der Waals surface area contributed by atoms with Crippen LogP contribution in [0.5, 0.6) is 0 Å². The standard InChI is InChI=1S/C18H24ClFN2O5/c1-11(16(24)22-14-8-7-12(20)10-13(14)19)26-15(23)6-5-9-21-17(25)27-18(2,3)4/h7-8,10-11H,5-6,9H2,1-4H3,(H,21,25)(H,22,24)/t11-/m0/s1. The van der Waals surface area contributed by atoms with Crippen molar-refractivity contribution in [1.82, 2.24) is 5.32 Å². The van der Waals surface area contributed by atoms with E-state index in [9.17, 15) is 18.8 Å². The second kappa shape index (κ2) is 10.1. The lowest BCUT2D eigenvalue weighted by Crippen LogP contribution is -2.33. The predicted molar refractivity (Wildman–Crippen MR) is 99.1 cm³/mol. The maximum absolute atomic E-state index is 13.0. The largest absolute Gasteiger partial charge is 0.453 e. The van der Waals surface area contributed by atoms with Crippen LogP contribution in [0.4, 0.5) is 14.9 Å². The van der Waals surface area contributed by atoms with Gasteiger partial charge in [0.25, 0.3) is 5.91 Å². The smallest absolute Gasteiger partial charge is 0.407 e. The number of esters is 1. The van der Waals surface area contributed by atoms with Gasteiger partial charge in [0.2, 0.25) is 0 Å². The number of anilines is 1. The van der Waals surface area contributed by atoms with Crippen LogP contribution >= 0.6 is 11.6 Å². The molecule has 0 unspecified atom stereocenters. The van der Waals surface area contributed by atoms with E-state index in [0.717, 1.165) is 12.1 Å². The first kappa shape index (κ1) is 22.7. The Morgan fingerprint density at radius 3 is 2.52 bits per heavy atom. The topological polar surface area (TPSA) is 93.7 Å². The molecule has 7 nitrogen and oxygen atoms in total. The molecule has 0 aliphatic carbocycles. The van der Waals surface area contributed by atoms with Crippen molar-refractivity contribution in [2.75, 3.05) is 11.9 Å². The number of nitrogens with one attached hydrogen (secondary N) is 2. The van der Waals surface area contributed by atoms with E-state index >= 15 is 0 Å². The first-order valence-corrected chi connectivity index (χ1v) is 8.78. The van der Waals surface area contributed by atoms with Crippen molar-refractivity contribution in [3.05, 3.63) is 29.0 Å². The lowest BCUT2D eigenvalue weighted by Gasteiger charge is -2.19. The summed E-state index contributed by atoms with van der Waals surface area (Å²) in [6, 6.07) is 3.52. The molecule has 0 saturated heterocycles. The van der Waals surface area contributed by atoms with Gasteiger partial charge in [0.05, 0.1) is 10.7 Å². The molecule has 2 N–H and O–H groups in total. The van der Waals surface area contributed by atoms with Crippen LogP contribution in [0, 0.1) is 5.82 Å². The molecule has 0 aromatic heterocycles. The zero-order chi connectivity index (χ0) is 20.6. The summed E-state index contributed by atoms with van der Waals surface area (Å²) in [5.74, 6) is -1.71. The molecule has 150 valence electrons. The summed E-state index contributed by atoms with van der Waals surface area (Å²) in [7, 11) is 0. The van der Waals surface area contributed by atoms with Crippen molar-refractivity contribution in [2.45, 2.75) is 52.2 Å². The molecular weight excluding hydrogens is 379 g/mol. The fraction of sp³-hybridized carbons (Fsp3) is 0.500. The van der Waals surface area contributed by atoms with Gasteiger partial charge in [-0.05, 0) is 52.3 Å². The number of carbonyl (C=O) groups excluding carboxylic acids is 3. The molecule has 0 saturated carbocycles. The third-order valence-corrected chi connectivity index (χ3v) is 3.41. The minimum Gasteiger partial charge on any atom is -0.453 e. The van der Waals surface area contributed by atoms with Crippen LogP contribution in [0.2, 0.25) is 5.02 Å². The Morgan fingerprint density at radius 1 is 1.26 bits per heavy atom. The Balaban J connectivity index is 2.33. The number of ether oxygens (including phenoxy) is 2. The molecule has 1 atom stereocenters. The molecule has 27 heavy (non-hydrogen) atoms. The van der Waals surface area contributed by atoms with E-state index in [1.54, 1.807) is 20.8 Å². The molecule has 1 aromatic rings. The van der Waals surface area contributed by atoms with Crippen LogP contribution in [0.1, 0.15) is 40.5 Å². The monoisotopic (exact) mass is 402 g/mol. The summed E-state index contributed by atoms with van der Waals surface area (Å²) in [4.78, 5) is 35.3. The summed E-state index contributed by atoms with van der Waals surface area (Å²) >= 11 is 5.83. The molecule has 0 aliphatic heterocycles. The number of benzene rings is 1. The minimum atomic E-state index is -1.06. The average Bonchev–Trinajstić information content (AvgIpc) is 2.52. The lowest BCUT2D eigenvalue weighted by molar-refractivity contribution is -0.153. The Labute approximate surface area is 162 Å². The summed E-state index contributed by atoms with van der Waals surface area (Å²) < 4.78 is 23.1. The Kier molecular flexibility index (Phi) is 8.49. The van der Waals surface area contributed by atoms with E-state index < -0.39 is 35.5 Å². The van der Waals surface area contributed by atoms with Gasteiger partial charge in [-0.3, -0.25) is 9.59 Å². The van der Waals surface area contributed by atoms with Crippen LogP contribution in [0.15, 0.2) is 18.2 Å². The van der Waals surface area contributed by atoms with E-state index in [1.807, 2.05) is 0 Å². The maximum Gasteiger partial charge on any atom is 0.407 e. The fourth-order valence-electron chi connectivity index (χ4n) is 1.87. The molecule has 9 heteroatoms. The van der Waals surface area contributed by atoms with Gasteiger partial charge in [-0.25, -0.2) is 9.18 Å². The molecule has 0 fully saturated rings. The SMILES string of the molecule is C[C@H](OC(=O)CCCNC(=O)OC(C)(C)C)C(=O)Nc1ccc(F)cc1Cl. The number of halogens is 2. The van der Waals surface area contributed by atoms with Crippen molar-refractivity contribution < 1.29 is 28.2 Å². The van der Waals surface area contributed by atoms with E-state index in [1.165, 1.54) is 13.0 Å². The number of rotatable bonds is 7. The van der Waals surface area contributed by atoms with Crippen LogP contribution in [-0.2, 0) is 19.1 Å². The molecular formula is C18H24ClFN2O5. The van der Waals surface area contributed by atoms with Crippen LogP contribution in [0.25, 0.3) is 0 Å². The molecule has 0 aliphatic rings. The number of hydrogen-bond acceptors (Lipinski definition) is 5. The normalized spacial score (nSPS) is 12.1. The van der Waals surface area contributed by atoms with Gasteiger partial charge in [-0.2, -0.15) is 0 Å². The Hall–Kier alpha value is -2.35. The highest BCUT2D eigenvalue weighted by atomic mass is 35.5. The zero-order valence-corrected chi connectivity index (χ0v) is 16.5.